The van der Waals surface area contributed by atoms with Crippen molar-refractivity contribution in [2.24, 2.45) is 0 Å². The molecule has 1 heterocycles. The van der Waals surface area contributed by atoms with Crippen molar-refractivity contribution < 1.29 is 9.59 Å². The molecule has 0 aromatic rings. The van der Waals surface area contributed by atoms with E-state index in [1.54, 1.807) is 0 Å². The summed E-state index contributed by atoms with van der Waals surface area (Å²) >= 11 is 0. The molecule has 3 N–H and O–H groups in total. The van der Waals surface area contributed by atoms with Crippen molar-refractivity contribution >= 4 is 24.3 Å². The van der Waals surface area contributed by atoms with E-state index in [1.165, 1.54) is 6.42 Å². The zero-order valence-electron chi connectivity index (χ0n) is 13.4. The minimum absolute atomic E-state index is 0. The summed E-state index contributed by atoms with van der Waals surface area (Å²) in [6, 6.07) is 0.340. The van der Waals surface area contributed by atoms with Crippen LogP contribution in [0.3, 0.4) is 0 Å². The lowest BCUT2D eigenvalue weighted by molar-refractivity contribution is -0.121. The Morgan fingerprint density at radius 2 is 1.73 bits per heavy atom. The molecule has 0 aromatic carbocycles. The third-order valence-corrected chi connectivity index (χ3v) is 4.47. The molecular weight excluding hydrogens is 304 g/mol. The van der Waals surface area contributed by atoms with Crippen LogP contribution < -0.4 is 16.0 Å². The van der Waals surface area contributed by atoms with Crippen LogP contribution in [0.2, 0.25) is 0 Å². The largest absolute Gasteiger partial charge is 0.335 e. The molecule has 1 saturated carbocycles. The Labute approximate surface area is 139 Å². The number of carbonyl (C=O) groups excluding carboxylic acids is 2. The number of amides is 3. The standard InChI is InChI=1S/C15H28N4O2.ClH/c1-16-13-8-5-9-19(10-13)11-14(20)18-15(21)17-12-6-3-2-4-7-12;/h12-13,16H,2-11H2,1H3,(H2,17,18,20,21);1H. The van der Waals surface area contributed by atoms with Crippen LogP contribution in [-0.2, 0) is 4.79 Å². The predicted molar refractivity (Wildman–Crippen MR) is 89.3 cm³/mol. The van der Waals surface area contributed by atoms with Crippen LogP contribution in [0.5, 0.6) is 0 Å². The van der Waals surface area contributed by atoms with E-state index in [0.717, 1.165) is 51.6 Å². The summed E-state index contributed by atoms with van der Waals surface area (Å²) in [6.45, 7) is 2.10. The Morgan fingerprint density at radius 1 is 1.05 bits per heavy atom. The number of likely N-dealkylation sites (tertiary alicyclic amines) is 1. The summed E-state index contributed by atoms with van der Waals surface area (Å²) in [5.74, 6) is -0.208. The number of hydrogen-bond acceptors (Lipinski definition) is 4. The summed E-state index contributed by atoms with van der Waals surface area (Å²) in [4.78, 5) is 25.8. The Bertz CT molecular complexity index is 361. The lowest BCUT2D eigenvalue weighted by Crippen LogP contribution is -2.51. The third-order valence-electron chi connectivity index (χ3n) is 4.47. The number of nitrogens with zero attached hydrogens (tertiary/aromatic N) is 1. The highest BCUT2D eigenvalue weighted by molar-refractivity contribution is 5.95. The molecule has 3 amide bonds. The molecule has 2 rings (SSSR count). The molecule has 22 heavy (non-hydrogen) atoms. The Hall–Kier alpha value is -0.850. The van der Waals surface area contributed by atoms with Crippen molar-refractivity contribution in [3.8, 4) is 0 Å². The molecular formula is C15H29ClN4O2. The molecule has 0 spiro atoms. The van der Waals surface area contributed by atoms with Gasteiger partial charge in [0.25, 0.3) is 0 Å². The molecule has 7 heteroatoms. The molecule has 0 radical (unpaired) electrons. The maximum Gasteiger partial charge on any atom is 0.321 e. The summed E-state index contributed by atoms with van der Waals surface area (Å²) in [6.07, 6.45) is 7.87. The molecule has 1 atom stereocenters. The first kappa shape index (κ1) is 19.2. The van der Waals surface area contributed by atoms with E-state index in [2.05, 4.69) is 20.9 Å². The van der Waals surface area contributed by atoms with E-state index in [4.69, 9.17) is 0 Å². The fourth-order valence-corrected chi connectivity index (χ4v) is 3.27. The molecule has 1 aliphatic carbocycles. The van der Waals surface area contributed by atoms with Gasteiger partial charge in [0, 0.05) is 18.6 Å². The van der Waals surface area contributed by atoms with Crippen molar-refractivity contribution in [1.82, 2.24) is 20.9 Å². The van der Waals surface area contributed by atoms with Gasteiger partial charge < -0.3 is 10.6 Å². The van der Waals surface area contributed by atoms with Gasteiger partial charge in [-0.15, -0.1) is 12.4 Å². The van der Waals surface area contributed by atoms with Crippen molar-refractivity contribution in [3.05, 3.63) is 0 Å². The first-order chi connectivity index (χ1) is 10.2. The van der Waals surface area contributed by atoms with Crippen molar-refractivity contribution in [2.45, 2.75) is 57.0 Å². The molecule has 1 unspecified atom stereocenters. The van der Waals surface area contributed by atoms with Gasteiger partial charge >= 0.3 is 6.03 Å². The van der Waals surface area contributed by atoms with E-state index >= 15 is 0 Å². The quantitative estimate of drug-likeness (QED) is 0.724. The second-order valence-corrected chi connectivity index (χ2v) is 6.22. The van der Waals surface area contributed by atoms with Crippen molar-refractivity contribution in [3.63, 3.8) is 0 Å². The van der Waals surface area contributed by atoms with Gasteiger partial charge in [0.1, 0.15) is 0 Å². The lowest BCUT2D eigenvalue weighted by Gasteiger charge is -2.31. The average molecular weight is 333 g/mol. The maximum absolute atomic E-state index is 11.9. The van der Waals surface area contributed by atoms with Gasteiger partial charge in [-0.3, -0.25) is 15.0 Å². The van der Waals surface area contributed by atoms with Crippen LogP contribution in [0.15, 0.2) is 0 Å². The molecule has 1 aliphatic heterocycles. The number of rotatable bonds is 4. The van der Waals surface area contributed by atoms with Crippen LogP contribution in [0.4, 0.5) is 4.79 Å². The van der Waals surface area contributed by atoms with Crippen molar-refractivity contribution in [2.75, 3.05) is 26.7 Å². The van der Waals surface area contributed by atoms with Crippen LogP contribution in [0.25, 0.3) is 0 Å². The minimum atomic E-state index is -0.339. The highest BCUT2D eigenvalue weighted by Gasteiger charge is 2.22. The highest BCUT2D eigenvalue weighted by Crippen LogP contribution is 2.17. The molecule has 1 saturated heterocycles. The SMILES string of the molecule is CNC1CCCN(CC(=O)NC(=O)NC2CCCCC2)C1.Cl. The van der Waals surface area contributed by atoms with Gasteiger partial charge in [-0.25, -0.2) is 4.79 Å². The molecule has 6 nitrogen and oxygen atoms in total. The lowest BCUT2D eigenvalue weighted by atomic mass is 9.96. The molecule has 0 aromatic heterocycles. The number of urea groups is 1. The smallest absolute Gasteiger partial charge is 0.321 e. The average Bonchev–Trinajstić information content (AvgIpc) is 2.48. The maximum atomic E-state index is 11.9. The van der Waals surface area contributed by atoms with Gasteiger partial charge in [-0.05, 0) is 39.3 Å². The summed E-state index contributed by atoms with van der Waals surface area (Å²) in [7, 11) is 1.95. The Morgan fingerprint density at radius 3 is 2.41 bits per heavy atom. The number of nitrogens with one attached hydrogen (secondary N) is 3. The molecule has 2 aliphatic rings. The van der Waals surface area contributed by atoms with Gasteiger partial charge in [-0.1, -0.05) is 19.3 Å². The van der Waals surface area contributed by atoms with E-state index < -0.39 is 0 Å². The van der Waals surface area contributed by atoms with E-state index in [-0.39, 0.29) is 30.4 Å². The number of hydrogen-bond donors (Lipinski definition) is 3. The van der Waals surface area contributed by atoms with Crippen LogP contribution in [0, 0.1) is 0 Å². The Balaban J connectivity index is 0.00000242. The number of likely N-dealkylation sites (N-methyl/N-ethyl adjacent to an activating group) is 1. The molecule has 128 valence electrons. The highest BCUT2D eigenvalue weighted by atomic mass is 35.5. The van der Waals surface area contributed by atoms with Gasteiger partial charge in [0.2, 0.25) is 5.91 Å². The molecule has 2 fully saturated rings. The first-order valence-corrected chi connectivity index (χ1v) is 8.17. The minimum Gasteiger partial charge on any atom is -0.335 e. The summed E-state index contributed by atoms with van der Waals surface area (Å²) in [5.41, 5.74) is 0. The topological polar surface area (TPSA) is 73.5 Å². The Kier molecular flexibility index (Phi) is 8.75. The van der Waals surface area contributed by atoms with Gasteiger partial charge in [-0.2, -0.15) is 0 Å². The fraction of sp³-hybridized carbons (Fsp3) is 0.867. The van der Waals surface area contributed by atoms with Gasteiger partial charge in [0.05, 0.1) is 6.54 Å². The fourth-order valence-electron chi connectivity index (χ4n) is 3.27. The zero-order chi connectivity index (χ0) is 15.1. The predicted octanol–water partition coefficient (Wildman–Crippen LogP) is 1.25. The van der Waals surface area contributed by atoms with Gasteiger partial charge in [0.15, 0.2) is 0 Å². The first-order valence-electron chi connectivity index (χ1n) is 8.17. The zero-order valence-corrected chi connectivity index (χ0v) is 14.2. The second-order valence-electron chi connectivity index (χ2n) is 6.22. The molecule has 0 bridgehead atoms. The second kappa shape index (κ2) is 10.0. The van der Waals surface area contributed by atoms with E-state index in [1.807, 2.05) is 7.05 Å². The summed E-state index contributed by atoms with van der Waals surface area (Å²) in [5, 5.41) is 8.61. The van der Waals surface area contributed by atoms with E-state index in [9.17, 15) is 9.59 Å². The number of imide groups is 1. The normalized spacial score (nSPS) is 23.4. The van der Waals surface area contributed by atoms with E-state index in [0.29, 0.717) is 12.6 Å². The summed E-state index contributed by atoms with van der Waals surface area (Å²) < 4.78 is 0. The van der Waals surface area contributed by atoms with Crippen LogP contribution >= 0.6 is 12.4 Å². The third kappa shape index (κ3) is 6.50. The van der Waals surface area contributed by atoms with Crippen LogP contribution in [-0.4, -0.2) is 55.6 Å². The number of halogens is 1. The number of piperidine rings is 1. The monoisotopic (exact) mass is 332 g/mol. The number of carbonyl (C=O) groups is 2. The van der Waals surface area contributed by atoms with Crippen molar-refractivity contribution in [1.29, 1.82) is 0 Å². The van der Waals surface area contributed by atoms with Crippen LogP contribution in [0.1, 0.15) is 44.9 Å².